The molecular formula is C27H31N5O2S. The van der Waals surface area contributed by atoms with E-state index in [0.717, 1.165) is 53.4 Å². The van der Waals surface area contributed by atoms with Crippen LogP contribution in [-0.4, -0.2) is 55.6 Å². The van der Waals surface area contributed by atoms with Gasteiger partial charge in [0.1, 0.15) is 5.75 Å². The minimum absolute atomic E-state index is 0.102. The van der Waals surface area contributed by atoms with E-state index in [-0.39, 0.29) is 11.9 Å². The van der Waals surface area contributed by atoms with Crippen molar-refractivity contribution in [1.29, 1.82) is 5.26 Å². The van der Waals surface area contributed by atoms with Crippen LogP contribution in [0.25, 0.3) is 22.0 Å². The van der Waals surface area contributed by atoms with Gasteiger partial charge in [0.15, 0.2) is 5.01 Å². The highest BCUT2D eigenvalue weighted by molar-refractivity contribution is 7.12. The lowest BCUT2D eigenvalue weighted by atomic mass is 9.90. The highest BCUT2D eigenvalue weighted by Crippen LogP contribution is 2.36. The molecule has 0 saturated heterocycles. The molecule has 1 aromatic heterocycles. The molecule has 1 fully saturated rings. The molecule has 1 amide bonds. The zero-order chi connectivity index (χ0) is 24.9. The van der Waals surface area contributed by atoms with Crippen LogP contribution < -0.4 is 15.4 Å². The second kappa shape index (κ2) is 10.9. The number of nitriles is 1. The Labute approximate surface area is 210 Å². The fourth-order valence-corrected chi connectivity index (χ4v) is 5.27. The molecule has 0 spiro atoms. The number of ether oxygens (including phenoxy) is 1. The van der Waals surface area contributed by atoms with Gasteiger partial charge in [0.25, 0.3) is 5.91 Å². The van der Waals surface area contributed by atoms with E-state index >= 15 is 0 Å². The Kier molecular flexibility index (Phi) is 7.69. The van der Waals surface area contributed by atoms with Crippen molar-refractivity contribution in [2.75, 3.05) is 33.1 Å². The Bertz CT molecular complexity index is 1270. The van der Waals surface area contributed by atoms with E-state index in [1.165, 1.54) is 11.3 Å². The Hall–Kier alpha value is -3.41. The normalized spacial score (nSPS) is 17.7. The van der Waals surface area contributed by atoms with E-state index in [2.05, 4.69) is 47.3 Å². The summed E-state index contributed by atoms with van der Waals surface area (Å²) in [5.41, 5.74) is 2.90. The SMILES string of the molecule is C=C(C#N)CNc1c(OC)ccc2ccc(-c3csc(C(=O)N[C@H]4CC[C@H](N(C)C)CC4)n3)cc12. The van der Waals surface area contributed by atoms with Gasteiger partial charge in [-0.1, -0.05) is 24.8 Å². The van der Waals surface area contributed by atoms with Crippen molar-refractivity contribution < 1.29 is 9.53 Å². The summed E-state index contributed by atoms with van der Waals surface area (Å²) >= 11 is 1.36. The fraction of sp³-hybridized carbons (Fsp3) is 0.370. The summed E-state index contributed by atoms with van der Waals surface area (Å²) in [5, 5.41) is 19.9. The first-order valence-electron chi connectivity index (χ1n) is 11.7. The summed E-state index contributed by atoms with van der Waals surface area (Å²) in [5.74, 6) is 0.581. The minimum Gasteiger partial charge on any atom is -0.495 e. The molecule has 1 saturated carbocycles. The van der Waals surface area contributed by atoms with Crippen molar-refractivity contribution in [1.82, 2.24) is 15.2 Å². The van der Waals surface area contributed by atoms with E-state index in [1.54, 1.807) is 7.11 Å². The van der Waals surface area contributed by atoms with Crippen molar-refractivity contribution in [3.8, 4) is 23.1 Å². The van der Waals surface area contributed by atoms with Gasteiger partial charge < -0.3 is 20.3 Å². The van der Waals surface area contributed by atoms with Gasteiger partial charge in [-0.05, 0) is 57.3 Å². The molecule has 0 radical (unpaired) electrons. The fourth-order valence-electron chi connectivity index (χ4n) is 4.54. The first kappa shape index (κ1) is 24.7. The maximum absolute atomic E-state index is 12.9. The highest BCUT2D eigenvalue weighted by atomic mass is 32.1. The number of benzene rings is 2. The number of hydrogen-bond acceptors (Lipinski definition) is 7. The van der Waals surface area contributed by atoms with Gasteiger partial charge >= 0.3 is 0 Å². The van der Waals surface area contributed by atoms with Crippen LogP contribution in [0.15, 0.2) is 47.9 Å². The van der Waals surface area contributed by atoms with Gasteiger partial charge in [-0.15, -0.1) is 11.3 Å². The minimum atomic E-state index is -0.102. The van der Waals surface area contributed by atoms with Crippen molar-refractivity contribution in [3.05, 3.63) is 52.9 Å². The predicted molar refractivity (Wildman–Crippen MR) is 142 cm³/mol. The maximum Gasteiger partial charge on any atom is 0.280 e. The lowest BCUT2D eigenvalue weighted by Crippen LogP contribution is -2.41. The van der Waals surface area contributed by atoms with Crippen LogP contribution in [0.1, 0.15) is 35.5 Å². The molecule has 2 N–H and O–H groups in total. The summed E-state index contributed by atoms with van der Waals surface area (Å²) in [7, 11) is 5.85. The number of nitrogens with zero attached hydrogens (tertiary/aromatic N) is 3. The second-order valence-electron chi connectivity index (χ2n) is 9.13. The third-order valence-electron chi connectivity index (χ3n) is 6.60. The molecule has 1 aliphatic carbocycles. The topological polar surface area (TPSA) is 90.3 Å². The van der Waals surface area contributed by atoms with Crippen LogP contribution in [0.5, 0.6) is 5.75 Å². The van der Waals surface area contributed by atoms with Crippen LogP contribution in [0, 0.1) is 11.3 Å². The molecule has 0 atom stereocenters. The summed E-state index contributed by atoms with van der Waals surface area (Å²) < 4.78 is 5.55. The molecule has 8 heteroatoms. The number of amides is 1. The van der Waals surface area contributed by atoms with Crippen LogP contribution in [-0.2, 0) is 0 Å². The molecule has 0 unspecified atom stereocenters. The van der Waals surface area contributed by atoms with Gasteiger partial charge in [0, 0.05) is 40.5 Å². The summed E-state index contributed by atoms with van der Waals surface area (Å²) in [6, 6.07) is 12.8. The third kappa shape index (κ3) is 5.64. The number of anilines is 1. The van der Waals surface area contributed by atoms with E-state index in [4.69, 9.17) is 10.00 Å². The molecule has 3 aromatic rings. The summed E-state index contributed by atoms with van der Waals surface area (Å²) in [4.78, 5) is 19.8. The summed E-state index contributed by atoms with van der Waals surface area (Å²) in [6.07, 6.45) is 4.18. The number of fused-ring (bicyclic) bond motifs is 1. The van der Waals surface area contributed by atoms with E-state index < -0.39 is 0 Å². The predicted octanol–water partition coefficient (Wildman–Crippen LogP) is 5.07. The standard InChI is InChI=1S/C27H31N5O2S/c1-17(14-28)15-29-25-22-13-19(6-5-18(22)7-12-24(25)34-4)23-16-35-27(31-23)26(33)30-20-8-10-21(11-9-20)32(2)3/h5-7,12-13,16,20-21,29H,1,8-11,15H2,2-4H3,(H,30,33)/t20-,21-. The number of aromatic nitrogens is 1. The van der Waals surface area contributed by atoms with E-state index in [0.29, 0.717) is 28.9 Å². The van der Waals surface area contributed by atoms with Crippen LogP contribution >= 0.6 is 11.3 Å². The molecule has 0 aliphatic heterocycles. The zero-order valence-electron chi connectivity index (χ0n) is 20.4. The molecule has 4 rings (SSSR count). The molecule has 7 nitrogen and oxygen atoms in total. The van der Waals surface area contributed by atoms with Crippen LogP contribution in [0.2, 0.25) is 0 Å². The largest absolute Gasteiger partial charge is 0.495 e. The number of hydrogen-bond donors (Lipinski definition) is 2. The smallest absolute Gasteiger partial charge is 0.280 e. The van der Waals surface area contributed by atoms with E-state index in [1.807, 2.05) is 35.7 Å². The monoisotopic (exact) mass is 489 g/mol. The van der Waals surface area contributed by atoms with Crippen LogP contribution in [0.3, 0.4) is 0 Å². The number of rotatable bonds is 8. The summed E-state index contributed by atoms with van der Waals surface area (Å²) in [6.45, 7) is 4.08. The first-order valence-corrected chi connectivity index (χ1v) is 12.6. The first-order chi connectivity index (χ1) is 16.9. The van der Waals surface area contributed by atoms with Gasteiger partial charge in [0.2, 0.25) is 0 Å². The van der Waals surface area contributed by atoms with Crippen molar-refractivity contribution in [2.45, 2.75) is 37.8 Å². The Morgan fingerprint density at radius 3 is 2.69 bits per heavy atom. The highest BCUT2D eigenvalue weighted by Gasteiger charge is 2.24. The maximum atomic E-state index is 12.9. The molecule has 0 bridgehead atoms. The van der Waals surface area contributed by atoms with Gasteiger partial charge in [-0.3, -0.25) is 4.79 Å². The average molecular weight is 490 g/mol. The lowest BCUT2D eigenvalue weighted by Gasteiger charge is -2.32. The quantitative estimate of drug-likeness (QED) is 0.430. The number of carbonyl (C=O) groups is 1. The molecule has 182 valence electrons. The molecule has 2 aromatic carbocycles. The number of thiazole rings is 1. The molecule has 35 heavy (non-hydrogen) atoms. The average Bonchev–Trinajstić information content (AvgIpc) is 3.37. The van der Waals surface area contributed by atoms with Crippen molar-refractivity contribution >= 4 is 33.7 Å². The zero-order valence-corrected chi connectivity index (χ0v) is 21.2. The van der Waals surface area contributed by atoms with Gasteiger partial charge in [-0.2, -0.15) is 5.26 Å². The molecular weight excluding hydrogens is 458 g/mol. The Balaban J connectivity index is 1.53. The second-order valence-corrected chi connectivity index (χ2v) is 9.99. The van der Waals surface area contributed by atoms with Crippen molar-refractivity contribution in [3.63, 3.8) is 0 Å². The van der Waals surface area contributed by atoms with Crippen molar-refractivity contribution in [2.24, 2.45) is 0 Å². The number of nitrogens with one attached hydrogen (secondary N) is 2. The molecule has 1 aliphatic rings. The van der Waals surface area contributed by atoms with Gasteiger partial charge in [0.05, 0.1) is 24.6 Å². The Morgan fingerprint density at radius 1 is 1.26 bits per heavy atom. The lowest BCUT2D eigenvalue weighted by molar-refractivity contribution is 0.0916. The third-order valence-corrected chi connectivity index (χ3v) is 7.44. The molecule has 1 heterocycles. The van der Waals surface area contributed by atoms with Gasteiger partial charge in [-0.25, -0.2) is 4.98 Å². The van der Waals surface area contributed by atoms with Crippen LogP contribution in [0.4, 0.5) is 5.69 Å². The van der Waals surface area contributed by atoms with E-state index in [9.17, 15) is 4.79 Å². The Morgan fingerprint density at radius 2 is 2.00 bits per heavy atom. The number of carbonyl (C=O) groups excluding carboxylic acids is 1. The number of methoxy groups -OCH3 is 1.